The highest BCUT2D eigenvalue weighted by atomic mass is 32.1. The lowest BCUT2D eigenvalue weighted by molar-refractivity contribution is 0.0815. The van der Waals surface area contributed by atoms with Crippen LogP contribution in [0.2, 0.25) is 0 Å². The highest BCUT2D eigenvalue weighted by Crippen LogP contribution is 2.38. The molecule has 0 atom stereocenters. The van der Waals surface area contributed by atoms with Gasteiger partial charge in [0.1, 0.15) is 17.8 Å². The predicted octanol–water partition coefficient (Wildman–Crippen LogP) is 6.28. The summed E-state index contributed by atoms with van der Waals surface area (Å²) in [5, 5.41) is 12.7. The van der Waals surface area contributed by atoms with Gasteiger partial charge in [-0.2, -0.15) is 5.10 Å². The predicted molar refractivity (Wildman–Crippen MR) is 180 cm³/mol. The average Bonchev–Trinajstić information content (AvgIpc) is 3.68. The zero-order valence-corrected chi connectivity index (χ0v) is 26.6. The summed E-state index contributed by atoms with van der Waals surface area (Å²) in [6, 6.07) is 19.9. The number of anilines is 2. The molecular formula is C34H41N9S. The lowest BCUT2D eigenvalue weighted by Gasteiger charge is -2.41. The van der Waals surface area contributed by atoms with Crippen molar-refractivity contribution in [2.45, 2.75) is 57.2 Å². The molecule has 7 rings (SSSR count). The number of benzene rings is 2. The quantitative estimate of drug-likeness (QED) is 0.223. The van der Waals surface area contributed by atoms with Crippen molar-refractivity contribution in [2.75, 3.05) is 44.3 Å². The lowest BCUT2D eigenvalue weighted by Crippen LogP contribution is -2.49. The normalized spacial score (nSPS) is 20.2. The first kappa shape index (κ1) is 28.9. The number of thiazole rings is 1. The second kappa shape index (κ2) is 11.9. The summed E-state index contributed by atoms with van der Waals surface area (Å²) in [5.74, 6) is 0.478. The van der Waals surface area contributed by atoms with Gasteiger partial charge in [-0.25, -0.2) is 19.6 Å². The molecule has 2 fully saturated rings. The number of nitrogen functional groups attached to an aromatic ring is 1. The number of nitrogens with one attached hydrogen (secondary N) is 1. The number of nitrogens with two attached hydrogens (primary N) is 1. The van der Waals surface area contributed by atoms with Gasteiger partial charge in [0.2, 0.25) is 0 Å². The van der Waals surface area contributed by atoms with E-state index >= 15 is 0 Å². The zero-order valence-electron chi connectivity index (χ0n) is 25.8. The second-order valence-corrected chi connectivity index (χ2v) is 13.6. The number of piperazine rings is 1. The third kappa shape index (κ3) is 5.69. The molecule has 0 unspecified atom stereocenters. The van der Waals surface area contributed by atoms with Crippen molar-refractivity contribution in [2.24, 2.45) is 0 Å². The van der Waals surface area contributed by atoms with Crippen LogP contribution in [0.5, 0.6) is 0 Å². The van der Waals surface area contributed by atoms with Crippen molar-refractivity contribution in [1.82, 2.24) is 34.5 Å². The molecule has 5 aromatic rings. The number of nitrogens with zero attached hydrogens (tertiary/aromatic N) is 7. The van der Waals surface area contributed by atoms with Gasteiger partial charge >= 0.3 is 0 Å². The van der Waals surface area contributed by atoms with Gasteiger partial charge in [0.15, 0.2) is 10.8 Å². The van der Waals surface area contributed by atoms with Crippen LogP contribution in [0.1, 0.15) is 51.1 Å². The largest absolute Gasteiger partial charge is 0.383 e. The monoisotopic (exact) mass is 607 g/mol. The Hall–Kier alpha value is -3.86. The van der Waals surface area contributed by atoms with Crippen LogP contribution < -0.4 is 11.1 Å². The molecule has 3 aromatic heterocycles. The minimum atomic E-state index is -0.323. The molecule has 9 nitrogen and oxygen atoms in total. The molecule has 4 heterocycles. The first-order chi connectivity index (χ1) is 21.4. The van der Waals surface area contributed by atoms with Crippen LogP contribution in [0.15, 0.2) is 66.3 Å². The fourth-order valence-corrected chi connectivity index (χ4v) is 7.64. The van der Waals surface area contributed by atoms with Crippen molar-refractivity contribution in [3.63, 3.8) is 0 Å². The maximum Gasteiger partial charge on any atom is 0.183 e. The van der Waals surface area contributed by atoms with E-state index in [-0.39, 0.29) is 5.54 Å². The Balaban J connectivity index is 1.10. The smallest absolute Gasteiger partial charge is 0.183 e. The van der Waals surface area contributed by atoms with Gasteiger partial charge in [0.25, 0.3) is 0 Å². The van der Waals surface area contributed by atoms with Gasteiger partial charge in [-0.05, 0) is 52.1 Å². The van der Waals surface area contributed by atoms with Gasteiger partial charge in [-0.1, -0.05) is 54.6 Å². The van der Waals surface area contributed by atoms with Gasteiger partial charge < -0.3 is 16.0 Å². The number of fused-ring (bicyclic) bond motifs is 1. The van der Waals surface area contributed by atoms with E-state index in [1.54, 1.807) is 17.7 Å². The molecule has 2 aliphatic rings. The number of likely N-dealkylation sites (N-methyl/N-ethyl adjacent to an activating group) is 1. The Morgan fingerprint density at radius 3 is 2.30 bits per heavy atom. The molecule has 10 heteroatoms. The summed E-state index contributed by atoms with van der Waals surface area (Å²) >= 11 is 1.63. The molecule has 1 aliphatic heterocycles. The van der Waals surface area contributed by atoms with E-state index in [1.807, 2.05) is 18.2 Å². The van der Waals surface area contributed by atoms with E-state index in [0.717, 1.165) is 70.2 Å². The minimum Gasteiger partial charge on any atom is -0.383 e. The van der Waals surface area contributed by atoms with Gasteiger partial charge in [-0.15, -0.1) is 11.3 Å². The fraction of sp³-hybridized carbons (Fsp3) is 0.412. The van der Waals surface area contributed by atoms with E-state index in [9.17, 15) is 0 Å². The molecule has 44 heavy (non-hydrogen) atoms. The Morgan fingerprint density at radius 1 is 0.864 bits per heavy atom. The van der Waals surface area contributed by atoms with Crippen molar-refractivity contribution < 1.29 is 0 Å². The Labute approximate surface area is 263 Å². The van der Waals surface area contributed by atoms with Crippen molar-refractivity contribution >= 4 is 33.3 Å². The van der Waals surface area contributed by atoms with Gasteiger partial charge in [0, 0.05) is 48.7 Å². The Bertz CT molecular complexity index is 1710. The van der Waals surface area contributed by atoms with Gasteiger partial charge in [0.05, 0.1) is 22.7 Å². The second-order valence-electron chi connectivity index (χ2n) is 12.8. The third-order valence-corrected chi connectivity index (χ3v) is 10.2. The van der Waals surface area contributed by atoms with E-state index < -0.39 is 0 Å². The van der Waals surface area contributed by atoms with Crippen LogP contribution in [0, 0.1) is 0 Å². The maximum absolute atomic E-state index is 6.47. The molecule has 1 saturated carbocycles. The Kier molecular flexibility index (Phi) is 7.82. The van der Waals surface area contributed by atoms with Crippen LogP contribution in [0.4, 0.5) is 10.9 Å². The average molecular weight is 608 g/mol. The van der Waals surface area contributed by atoms with E-state index in [4.69, 9.17) is 15.8 Å². The SMILES string of the molecule is CN1CCN(C2CCC(n3nc(-c4ccc(C(C)(C)Nc5nc(-c6ccccc6)cs5)cc4)c4c(N)ncnc43)CC2)CC1. The minimum absolute atomic E-state index is 0.311. The van der Waals surface area contributed by atoms with Gasteiger partial charge in [-0.3, -0.25) is 4.90 Å². The van der Waals surface area contributed by atoms with Crippen molar-refractivity contribution in [3.05, 3.63) is 71.9 Å². The topological polar surface area (TPSA) is 101 Å². The summed E-state index contributed by atoms with van der Waals surface area (Å²) in [5.41, 5.74) is 12.1. The summed E-state index contributed by atoms with van der Waals surface area (Å²) in [7, 11) is 2.22. The summed E-state index contributed by atoms with van der Waals surface area (Å²) in [4.78, 5) is 19.0. The Morgan fingerprint density at radius 2 is 1.57 bits per heavy atom. The molecule has 0 radical (unpaired) electrons. The van der Waals surface area contributed by atoms with Crippen molar-refractivity contribution in [1.29, 1.82) is 0 Å². The van der Waals surface area contributed by atoms with E-state index in [0.29, 0.717) is 17.9 Å². The molecule has 1 saturated heterocycles. The number of rotatable bonds is 7. The molecule has 2 aromatic carbocycles. The standard InChI is InChI=1S/C34H41N9S/c1-34(2,39-33-38-28(21-44-33)23-7-5-4-6-8-23)25-11-9-24(10-12-25)30-29-31(35)36-22-37-32(29)43(40-30)27-15-13-26(14-16-27)42-19-17-41(3)18-20-42/h4-12,21-22,26-27H,13-20H2,1-3H3,(H,38,39)(H2,35,36,37). The highest BCUT2D eigenvalue weighted by molar-refractivity contribution is 7.14. The number of hydrogen-bond donors (Lipinski definition) is 2. The molecule has 1 aliphatic carbocycles. The first-order valence-corrected chi connectivity index (χ1v) is 16.5. The molecule has 0 bridgehead atoms. The van der Waals surface area contributed by atoms with E-state index in [2.05, 4.69) is 92.4 Å². The molecule has 0 spiro atoms. The van der Waals surface area contributed by atoms with Crippen LogP contribution in [-0.2, 0) is 5.54 Å². The zero-order chi connectivity index (χ0) is 30.3. The third-order valence-electron chi connectivity index (χ3n) is 9.46. The maximum atomic E-state index is 6.47. The number of hydrogen-bond acceptors (Lipinski definition) is 9. The number of aromatic nitrogens is 5. The van der Waals surface area contributed by atoms with Crippen molar-refractivity contribution in [3.8, 4) is 22.5 Å². The van der Waals surface area contributed by atoms with Crippen LogP contribution in [0.25, 0.3) is 33.5 Å². The van der Waals surface area contributed by atoms with Crippen LogP contribution >= 0.6 is 11.3 Å². The lowest BCUT2D eigenvalue weighted by atomic mass is 9.90. The molecule has 228 valence electrons. The fourth-order valence-electron chi connectivity index (χ4n) is 6.76. The highest BCUT2D eigenvalue weighted by Gasteiger charge is 2.31. The summed E-state index contributed by atoms with van der Waals surface area (Å²) < 4.78 is 2.13. The van der Waals surface area contributed by atoms with Crippen LogP contribution in [-0.4, -0.2) is 73.8 Å². The summed E-state index contributed by atoms with van der Waals surface area (Å²) in [6.45, 7) is 9.03. The first-order valence-electron chi connectivity index (χ1n) is 15.7. The summed E-state index contributed by atoms with van der Waals surface area (Å²) in [6.07, 6.45) is 6.13. The van der Waals surface area contributed by atoms with E-state index in [1.165, 1.54) is 25.9 Å². The molecule has 3 N–H and O–H groups in total. The molecular weight excluding hydrogens is 567 g/mol. The van der Waals surface area contributed by atoms with Crippen LogP contribution in [0.3, 0.4) is 0 Å². The molecule has 0 amide bonds.